The Kier molecular flexibility index (Phi) is 12.2. The normalized spacial score (nSPS) is 11.8. The Bertz CT molecular complexity index is 1700. The summed E-state index contributed by atoms with van der Waals surface area (Å²) in [4.78, 5) is 29.4. The number of halogens is 2. The Hall–Kier alpha value is -4.41. The Morgan fingerprint density at radius 1 is 0.891 bits per heavy atom. The van der Waals surface area contributed by atoms with Gasteiger partial charge < -0.3 is 15.0 Å². The molecule has 0 bridgehead atoms. The second-order valence-corrected chi connectivity index (χ2v) is 12.8. The van der Waals surface area contributed by atoms with Gasteiger partial charge in [-0.25, -0.2) is 12.8 Å². The number of amides is 2. The minimum absolute atomic E-state index is 0.0523. The van der Waals surface area contributed by atoms with Crippen molar-refractivity contribution in [3.8, 4) is 5.75 Å². The van der Waals surface area contributed by atoms with E-state index >= 15 is 0 Å². The highest BCUT2D eigenvalue weighted by Gasteiger charge is 2.35. The van der Waals surface area contributed by atoms with E-state index in [0.717, 1.165) is 34.1 Å². The van der Waals surface area contributed by atoms with E-state index in [-0.39, 0.29) is 29.5 Å². The number of carbonyl (C=O) groups excluding carboxylic acids is 2. The van der Waals surface area contributed by atoms with Crippen molar-refractivity contribution >= 4 is 39.1 Å². The summed E-state index contributed by atoms with van der Waals surface area (Å²) in [5, 5.41) is 3.30. The third kappa shape index (κ3) is 8.86. The maximum atomic E-state index is 14.5. The highest BCUT2D eigenvalue weighted by molar-refractivity contribution is 7.92. The number of hydrogen-bond donors (Lipinski definition) is 1. The average molecular weight is 666 g/mol. The Morgan fingerprint density at radius 2 is 1.54 bits per heavy atom. The van der Waals surface area contributed by atoms with Gasteiger partial charge in [0.1, 0.15) is 24.2 Å². The first-order valence-corrected chi connectivity index (χ1v) is 16.8. The number of nitrogens with one attached hydrogen (secondary N) is 1. The maximum absolute atomic E-state index is 14.5. The zero-order valence-electron chi connectivity index (χ0n) is 25.7. The molecule has 8 nitrogen and oxygen atoms in total. The summed E-state index contributed by atoms with van der Waals surface area (Å²) in [5.41, 5.74) is 1.60. The van der Waals surface area contributed by atoms with Crippen LogP contribution in [0, 0.1) is 5.82 Å². The van der Waals surface area contributed by atoms with E-state index in [4.69, 9.17) is 16.3 Å². The maximum Gasteiger partial charge on any atom is 0.264 e. The number of carbonyl (C=O) groups is 2. The molecule has 46 heavy (non-hydrogen) atoms. The first-order chi connectivity index (χ1) is 22.1. The van der Waals surface area contributed by atoms with Crippen LogP contribution in [0.4, 0.5) is 10.1 Å². The number of anilines is 1. The van der Waals surface area contributed by atoms with Crippen LogP contribution in [0.25, 0.3) is 0 Å². The second-order valence-electron chi connectivity index (χ2n) is 10.5. The number of ether oxygens (including phenoxy) is 1. The molecule has 2 amide bonds. The highest BCUT2D eigenvalue weighted by Crippen LogP contribution is 2.28. The lowest BCUT2D eigenvalue weighted by atomic mass is 10.0. The Morgan fingerprint density at radius 3 is 2.17 bits per heavy atom. The molecule has 0 heterocycles. The molecule has 0 aliphatic rings. The van der Waals surface area contributed by atoms with Crippen LogP contribution in [0.2, 0.25) is 5.02 Å². The summed E-state index contributed by atoms with van der Waals surface area (Å²) in [7, 11) is -4.37. The van der Waals surface area contributed by atoms with Gasteiger partial charge in [-0.15, -0.1) is 0 Å². The molecular formula is C35H37ClFN3O5S. The number of sulfonamides is 1. The predicted octanol–water partition coefficient (Wildman–Crippen LogP) is 6.24. The molecule has 4 aromatic rings. The zero-order valence-corrected chi connectivity index (χ0v) is 27.3. The summed E-state index contributed by atoms with van der Waals surface area (Å²) in [6.07, 6.45) is 0.865. The molecule has 4 aromatic carbocycles. The fraction of sp³-hybridized carbons (Fsp3) is 0.257. The molecule has 0 aliphatic heterocycles. The third-order valence-electron chi connectivity index (χ3n) is 7.24. The quantitative estimate of drug-likeness (QED) is 0.162. The molecule has 0 unspecified atom stereocenters. The van der Waals surface area contributed by atoms with Crippen molar-refractivity contribution in [1.82, 2.24) is 10.2 Å². The molecule has 0 aromatic heterocycles. The summed E-state index contributed by atoms with van der Waals surface area (Å²) in [5.74, 6) is -1.09. The van der Waals surface area contributed by atoms with E-state index < -0.39 is 34.3 Å². The first-order valence-electron chi connectivity index (χ1n) is 15.0. The van der Waals surface area contributed by atoms with Gasteiger partial charge in [0.25, 0.3) is 10.0 Å². The van der Waals surface area contributed by atoms with Gasteiger partial charge in [0.15, 0.2) is 0 Å². The lowest BCUT2D eigenvalue weighted by Gasteiger charge is -2.34. The van der Waals surface area contributed by atoms with Crippen molar-refractivity contribution in [1.29, 1.82) is 0 Å². The Balaban J connectivity index is 1.80. The molecule has 11 heteroatoms. The molecule has 0 fully saturated rings. The lowest BCUT2D eigenvalue weighted by molar-refractivity contribution is -0.140. The van der Waals surface area contributed by atoms with E-state index in [1.165, 1.54) is 17.0 Å². The second kappa shape index (κ2) is 16.2. The zero-order chi connectivity index (χ0) is 33.1. The number of hydrogen-bond acceptors (Lipinski definition) is 5. The molecule has 0 aliphatic carbocycles. The minimum atomic E-state index is -4.37. The van der Waals surface area contributed by atoms with Crippen LogP contribution in [-0.2, 0) is 32.6 Å². The van der Waals surface area contributed by atoms with Gasteiger partial charge in [0.05, 0.1) is 17.2 Å². The van der Waals surface area contributed by atoms with E-state index in [1.807, 2.05) is 44.2 Å². The molecule has 0 radical (unpaired) electrons. The molecule has 4 rings (SSSR count). The number of nitrogens with zero attached hydrogens (tertiary/aromatic N) is 2. The summed E-state index contributed by atoms with van der Waals surface area (Å²) in [6, 6.07) is 25.9. The van der Waals surface area contributed by atoms with Crippen LogP contribution < -0.4 is 14.4 Å². The van der Waals surface area contributed by atoms with Gasteiger partial charge in [0.2, 0.25) is 11.8 Å². The average Bonchev–Trinajstić information content (AvgIpc) is 3.06. The van der Waals surface area contributed by atoms with E-state index in [1.54, 1.807) is 36.4 Å². The van der Waals surface area contributed by atoms with Crippen LogP contribution in [0.15, 0.2) is 108 Å². The van der Waals surface area contributed by atoms with Crippen molar-refractivity contribution in [3.63, 3.8) is 0 Å². The molecule has 0 spiro atoms. The number of benzene rings is 4. The first kappa shape index (κ1) is 34.5. The molecule has 242 valence electrons. The van der Waals surface area contributed by atoms with Crippen molar-refractivity contribution in [3.05, 3.63) is 125 Å². The van der Waals surface area contributed by atoms with Crippen molar-refractivity contribution < 1.29 is 27.1 Å². The predicted molar refractivity (Wildman–Crippen MR) is 178 cm³/mol. The summed E-state index contributed by atoms with van der Waals surface area (Å²) in [6.45, 7) is 3.86. The van der Waals surface area contributed by atoms with E-state index in [2.05, 4.69) is 5.32 Å². The molecule has 0 saturated carbocycles. The van der Waals surface area contributed by atoms with Gasteiger partial charge >= 0.3 is 0 Å². The van der Waals surface area contributed by atoms with Crippen LogP contribution in [0.3, 0.4) is 0 Å². The number of rotatable bonds is 15. The largest absolute Gasteiger partial charge is 0.494 e. The molecule has 1 N–H and O–H groups in total. The standard InChI is InChI=1S/C35H37ClFN3O5S/c1-3-22-38-35(42)33(23-26-10-6-5-7-11-26)39(24-27-12-8-9-13-32(27)36)34(41)25-40(29-16-18-30(19-17-29)45-4-2)46(43,44)31-20-14-28(37)15-21-31/h5-21,33H,3-4,22-25H2,1-2H3,(H,38,42)/t33-/m0/s1. The van der Waals surface area contributed by atoms with Crippen molar-refractivity contribution in [2.24, 2.45) is 0 Å². The summed E-state index contributed by atoms with van der Waals surface area (Å²) < 4.78 is 48.4. The van der Waals surface area contributed by atoms with E-state index in [9.17, 15) is 22.4 Å². The van der Waals surface area contributed by atoms with Gasteiger partial charge in [0, 0.05) is 24.5 Å². The minimum Gasteiger partial charge on any atom is -0.494 e. The van der Waals surface area contributed by atoms with Crippen LogP contribution in [0.1, 0.15) is 31.4 Å². The van der Waals surface area contributed by atoms with Gasteiger partial charge in [-0.3, -0.25) is 13.9 Å². The van der Waals surface area contributed by atoms with Gasteiger partial charge in [-0.1, -0.05) is 67.1 Å². The smallest absolute Gasteiger partial charge is 0.264 e. The SMILES string of the molecule is CCCNC(=O)[C@H](Cc1ccccc1)N(Cc1ccccc1Cl)C(=O)CN(c1ccc(OCC)cc1)S(=O)(=O)c1ccc(F)cc1. The molecule has 1 atom stereocenters. The van der Waals surface area contributed by atoms with Crippen LogP contribution >= 0.6 is 11.6 Å². The lowest BCUT2D eigenvalue weighted by Crippen LogP contribution is -2.53. The van der Waals surface area contributed by atoms with Gasteiger partial charge in [-0.2, -0.15) is 0 Å². The van der Waals surface area contributed by atoms with Crippen LogP contribution in [-0.4, -0.2) is 50.9 Å². The van der Waals surface area contributed by atoms with Crippen LogP contribution in [0.5, 0.6) is 5.75 Å². The van der Waals surface area contributed by atoms with E-state index in [0.29, 0.717) is 35.9 Å². The Labute approximate surface area is 274 Å². The summed E-state index contributed by atoms with van der Waals surface area (Å²) >= 11 is 6.52. The van der Waals surface area contributed by atoms with Gasteiger partial charge in [-0.05, 0) is 79.1 Å². The van der Waals surface area contributed by atoms with Crippen molar-refractivity contribution in [2.45, 2.75) is 44.2 Å². The molecule has 0 saturated heterocycles. The monoisotopic (exact) mass is 665 g/mol. The third-order valence-corrected chi connectivity index (χ3v) is 9.39. The highest BCUT2D eigenvalue weighted by atomic mass is 35.5. The van der Waals surface area contributed by atoms with Crippen molar-refractivity contribution in [2.75, 3.05) is 24.0 Å². The fourth-order valence-corrected chi connectivity index (χ4v) is 6.48. The molecular weight excluding hydrogens is 629 g/mol. The fourth-order valence-electron chi connectivity index (χ4n) is 4.87. The topological polar surface area (TPSA) is 96.0 Å².